The number of amides is 1. The number of carbonyl (C=O) groups excluding carboxylic acids is 2. The van der Waals surface area contributed by atoms with Gasteiger partial charge in [-0.2, -0.15) is 0 Å². The van der Waals surface area contributed by atoms with Crippen LogP contribution in [0.15, 0.2) is 54.6 Å². The number of rotatable bonds is 9. The van der Waals surface area contributed by atoms with Crippen LogP contribution in [0, 0.1) is 0 Å². The zero-order valence-corrected chi connectivity index (χ0v) is 16.9. The van der Waals surface area contributed by atoms with Gasteiger partial charge in [-0.25, -0.2) is 4.79 Å². The van der Waals surface area contributed by atoms with Crippen LogP contribution < -0.4 is 23.0 Å². The Balaban J connectivity index is 0.00000392. The summed E-state index contributed by atoms with van der Waals surface area (Å²) in [5, 5.41) is 14.9. The zero-order chi connectivity index (χ0) is 19.6. The Morgan fingerprint density at radius 1 is 1.14 bits per heavy atom. The lowest BCUT2D eigenvalue weighted by Crippen LogP contribution is -3.00. The number of quaternary nitrogens is 1. The highest BCUT2D eigenvalue weighted by atomic mass is 35.5. The molecular formula is C21H27ClN2O4. The normalized spacial score (nSPS) is 12.4. The van der Waals surface area contributed by atoms with E-state index >= 15 is 0 Å². The predicted molar refractivity (Wildman–Crippen MR) is 104 cm³/mol. The summed E-state index contributed by atoms with van der Waals surface area (Å²) in [7, 11) is 0. The van der Waals surface area contributed by atoms with Gasteiger partial charge in [0.2, 0.25) is 0 Å². The van der Waals surface area contributed by atoms with Crippen LogP contribution in [-0.4, -0.2) is 36.2 Å². The number of hydrogen-bond donors (Lipinski definition) is 3. The first-order chi connectivity index (χ1) is 13.0. The summed E-state index contributed by atoms with van der Waals surface area (Å²) in [6.07, 6.45) is -0.785. The molecular weight excluding hydrogens is 380 g/mol. The summed E-state index contributed by atoms with van der Waals surface area (Å²) in [6, 6.07) is 16.2. The predicted octanol–water partition coefficient (Wildman–Crippen LogP) is -0.483. The van der Waals surface area contributed by atoms with Crippen LogP contribution in [-0.2, 0) is 4.74 Å². The molecule has 4 N–H and O–H groups in total. The monoisotopic (exact) mass is 406 g/mol. The van der Waals surface area contributed by atoms with E-state index in [-0.39, 0.29) is 30.8 Å². The van der Waals surface area contributed by atoms with Crippen molar-refractivity contribution >= 4 is 17.6 Å². The standard InChI is InChI=1S/C21H26N2O4.ClH/c1-3-27-21(26)23-18-11-7-10-17(14-18)19(24)12-13-22-15(2)20(25)16-8-5-4-6-9-16;/h4-11,14-15,20,22,25H,3,12-13H2,1-2H3,(H,23,26);1H. The Morgan fingerprint density at radius 2 is 1.86 bits per heavy atom. The molecule has 0 bridgehead atoms. The highest BCUT2D eigenvalue weighted by Crippen LogP contribution is 2.14. The molecule has 0 aromatic heterocycles. The first kappa shape index (κ1) is 23.6. The topological polar surface area (TPSA) is 92.2 Å². The van der Waals surface area contributed by atoms with Crippen LogP contribution >= 0.6 is 0 Å². The first-order valence-corrected chi connectivity index (χ1v) is 9.14. The van der Waals surface area contributed by atoms with Crippen molar-refractivity contribution in [2.24, 2.45) is 0 Å². The maximum atomic E-state index is 12.4. The molecule has 2 unspecified atom stereocenters. The largest absolute Gasteiger partial charge is 1.00 e. The number of aliphatic hydroxyl groups is 1. The summed E-state index contributed by atoms with van der Waals surface area (Å²) in [5.74, 6) is -0.0137. The van der Waals surface area contributed by atoms with Gasteiger partial charge in [-0.05, 0) is 31.5 Å². The van der Waals surface area contributed by atoms with Gasteiger partial charge < -0.3 is 27.6 Å². The van der Waals surface area contributed by atoms with E-state index < -0.39 is 12.2 Å². The fourth-order valence-electron chi connectivity index (χ4n) is 2.76. The molecule has 0 aliphatic rings. The lowest BCUT2D eigenvalue weighted by Gasteiger charge is -2.17. The first-order valence-electron chi connectivity index (χ1n) is 9.14. The van der Waals surface area contributed by atoms with Crippen molar-refractivity contribution in [1.29, 1.82) is 0 Å². The Kier molecular flexibility index (Phi) is 10.2. The molecule has 2 aromatic rings. The lowest BCUT2D eigenvalue weighted by atomic mass is 10.0. The van der Waals surface area contributed by atoms with Gasteiger partial charge in [-0.15, -0.1) is 0 Å². The molecule has 7 heteroatoms. The van der Waals surface area contributed by atoms with Crippen LogP contribution in [0.1, 0.15) is 42.3 Å². The minimum Gasteiger partial charge on any atom is -1.00 e. The molecule has 2 atom stereocenters. The molecule has 0 saturated carbocycles. The van der Waals surface area contributed by atoms with Crippen LogP contribution in [0.25, 0.3) is 0 Å². The van der Waals surface area contributed by atoms with Crippen molar-refractivity contribution in [1.82, 2.24) is 0 Å². The van der Waals surface area contributed by atoms with Crippen molar-refractivity contribution in [2.75, 3.05) is 18.5 Å². The van der Waals surface area contributed by atoms with E-state index in [1.54, 1.807) is 31.2 Å². The number of anilines is 1. The summed E-state index contributed by atoms with van der Waals surface area (Å²) in [4.78, 5) is 23.9. The summed E-state index contributed by atoms with van der Waals surface area (Å²) < 4.78 is 4.83. The Hall–Kier alpha value is -2.41. The Labute approximate surface area is 171 Å². The summed E-state index contributed by atoms with van der Waals surface area (Å²) in [5.41, 5.74) is 1.93. The molecule has 0 spiro atoms. The molecule has 0 fully saturated rings. The second-order valence-corrected chi connectivity index (χ2v) is 6.34. The molecule has 0 aliphatic heterocycles. The molecule has 152 valence electrons. The number of hydrogen-bond acceptors (Lipinski definition) is 4. The van der Waals surface area contributed by atoms with Crippen molar-refractivity contribution in [3.05, 3.63) is 65.7 Å². The van der Waals surface area contributed by atoms with E-state index in [1.807, 2.05) is 42.6 Å². The number of halogens is 1. The molecule has 0 heterocycles. The number of Topliss-reactive ketones (excluding diaryl/α,β-unsaturated/α-hetero) is 1. The number of carbonyl (C=O) groups is 2. The molecule has 0 saturated heterocycles. The van der Waals surface area contributed by atoms with E-state index in [4.69, 9.17) is 4.74 Å². The average Bonchev–Trinajstić information content (AvgIpc) is 2.68. The third-order valence-electron chi connectivity index (χ3n) is 4.26. The molecule has 28 heavy (non-hydrogen) atoms. The van der Waals surface area contributed by atoms with E-state index in [0.29, 0.717) is 24.2 Å². The van der Waals surface area contributed by atoms with Gasteiger partial charge >= 0.3 is 6.09 Å². The average molecular weight is 407 g/mol. The second kappa shape index (κ2) is 12.1. The number of ether oxygens (including phenoxy) is 1. The van der Waals surface area contributed by atoms with Gasteiger partial charge in [0.15, 0.2) is 5.78 Å². The van der Waals surface area contributed by atoms with Crippen LogP contribution in [0.3, 0.4) is 0 Å². The lowest BCUT2D eigenvalue weighted by molar-refractivity contribution is -0.693. The molecule has 0 aliphatic carbocycles. The zero-order valence-electron chi connectivity index (χ0n) is 16.1. The van der Waals surface area contributed by atoms with Gasteiger partial charge in [0.25, 0.3) is 0 Å². The van der Waals surface area contributed by atoms with Crippen LogP contribution in [0.2, 0.25) is 0 Å². The van der Waals surface area contributed by atoms with Crippen molar-refractivity contribution in [2.45, 2.75) is 32.4 Å². The quantitative estimate of drug-likeness (QED) is 0.490. The van der Waals surface area contributed by atoms with Crippen molar-refractivity contribution in [3.63, 3.8) is 0 Å². The summed E-state index contributed by atoms with van der Waals surface area (Å²) >= 11 is 0. The fourth-order valence-corrected chi connectivity index (χ4v) is 2.76. The van der Waals surface area contributed by atoms with Gasteiger partial charge in [0, 0.05) is 11.3 Å². The molecule has 1 amide bonds. The third kappa shape index (κ3) is 7.31. The third-order valence-corrected chi connectivity index (χ3v) is 4.26. The van der Waals surface area contributed by atoms with Crippen molar-refractivity contribution in [3.8, 4) is 0 Å². The SMILES string of the molecule is CCOC(=O)Nc1cccc(C(=O)CC[NH2+]C(C)C(O)c2ccccc2)c1.[Cl-]. The number of nitrogens with one attached hydrogen (secondary N) is 1. The maximum absolute atomic E-state index is 12.4. The minimum absolute atomic E-state index is 0. The fraction of sp³-hybridized carbons (Fsp3) is 0.333. The van der Waals surface area contributed by atoms with E-state index in [9.17, 15) is 14.7 Å². The van der Waals surface area contributed by atoms with E-state index in [1.165, 1.54) is 0 Å². The number of ketones is 1. The molecule has 0 radical (unpaired) electrons. The maximum Gasteiger partial charge on any atom is 0.411 e. The number of benzene rings is 2. The Bertz CT molecular complexity index is 755. The van der Waals surface area contributed by atoms with Gasteiger partial charge in [0.05, 0.1) is 19.6 Å². The highest BCUT2D eigenvalue weighted by molar-refractivity contribution is 5.97. The highest BCUT2D eigenvalue weighted by Gasteiger charge is 2.19. The molecule has 6 nitrogen and oxygen atoms in total. The molecule has 2 rings (SSSR count). The van der Waals surface area contributed by atoms with E-state index in [2.05, 4.69) is 5.32 Å². The van der Waals surface area contributed by atoms with Gasteiger partial charge in [0.1, 0.15) is 12.1 Å². The summed E-state index contributed by atoms with van der Waals surface area (Å²) in [6.45, 7) is 4.52. The smallest absolute Gasteiger partial charge is 0.411 e. The van der Waals surface area contributed by atoms with Crippen molar-refractivity contribution < 1.29 is 37.2 Å². The minimum atomic E-state index is -0.585. The van der Waals surface area contributed by atoms with Gasteiger partial charge in [-0.3, -0.25) is 10.1 Å². The second-order valence-electron chi connectivity index (χ2n) is 6.34. The van der Waals surface area contributed by atoms with Crippen LogP contribution in [0.4, 0.5) is 10.5 Å². The number of nitrogens with two attached hydrogens (primary N) is 1. The Morgan fingerprint density at radius 3 is 2.54 bits per heavy atom. The van der Waals surface area contributed by atoms with Crippen LogP contribution in [0.5, 0.6) is 0 Å². The number of aliphatic hydroxyl groups excluding tert-OH is 1. The molecule has 2 aromatic carbocycles. The van der Waals surface area contributed by atoms with Gasteiger partial charge in [-0.1, -0.05) is 42.5 Å². The van der Waals surface area contributed by atoms with E-state index in [0.717, 1.165) is 5.56 Å².